The lowest BCUT2D eigenvalue weighted by Gasteiger charge is -2.37. The quantitative estimate of drug-likeness (QED) is 0.496. The van der Waals surface area contributed by atoms with Crippen molar-refractivity contribution >= 4 is 34.2 Å². The van der Waals surface area contributed by atoms with Gasteiger partial charge in [-0.05, 0) is 30.3 Å². The topological polar surface area (TPSA) is 81.2 Å². The van der Waals surface area contributed by atoms with Crippen molar-refractivity contribution in [2.45, 2.75) is 0 Å². The molecule has 3 amide bonds. The second-order valence-electron chi connectivity index (χ2n) is 8.17. The van der Waals surface area contributed by atoms with Crippen LogP contribution in [0.25, 0.3) is 10.8 Å². The summed E-state index contributed by atoms with van der Waals surface area (Å²) >= 11 is 0. The van der Waals surface area contributed by atoms with Gasteiger partial charge in [-0.15, -0.1) is 6.58 Å². The fourth-order valence-electron chi connectivity index (χ4n) is 4.68. The van der Waals surface area contributed by atoms with Crippen LogP contribution in [0.4, 0.5) is 5.69 Å². The lowest BCUT2D eigenvalue weighted by Crippen LogP contribution is -2.49. The Labute approximate surface area is 191 Å². The highest BCUT2D eigenvalue weighted by molar-refractivity contribution is 6.26. The Kier molecular flexibility index (Phi) is 5.09. The zero-order valence-corrected chi connectivity index (χ0v) is 18.0. The van der Waals surface area contributed by atoms with Crippen LogP contribution in [0.1, 0.15) is 31.1 Å². The van der Waals surface area contributed by atoms with E-state index in [1.54, 1.807) is 41.3 Å². The van der Waals surface area contributed by atoms with Gasteiger partial charge >= 0.3 is 0 Å². The minimum Gasteiger partial charge on any atom is -0.507 e. The molecule has 0 spiro atoms. The monoisotopic (exact) mass is 441 g/mol. The van der Waals surface area contributed by atoms with Gasteiger partial charge in [0.1, 0.15) is 5.75 Å². The number of carbonyl (C=O) groups excluding carboxylic acids is 3. The largest absolute Gasteiger partial charge is 0.507 e. The van der Waals surface area contributed by atoms with Crippen LogP contribution in [-0.4, -0.2) is 65.4 Å². The predicted octanol–water partition coefficient (Wildman–Crippen LogP) is 3.29. The van der Waals surface area contributed by atoms with E-state index in [1.807, 2.05) is 18.2 Å². The van der Waals surface area contributed by atoms with E-state index < -0.39 is 0 Å². The lowest BCUT2D eigenvalue weighted by molar-refractivity contribution is 0.0627. The van der Waals surface area contributed by atoms with Gasteiger partial charge < -0.3 is 14.9 Å². The van der Waals surface area contributed by atoms with Crippen LogP contribution in [0, 0.1) is 0 Å². The molecule has 2 heterocycles. The van der Waals surface area contributed by atoms with Crippen LogP contribution in [0.5, 0.6) is 5.75 Å². The number of nitrogens with zero attached hydrogens (tertiary/aromatic N) is 3. The summed E-state index contributed by atoms with van der Waals surface area (Å²) < 4.78 is 0. The van der Waals surface area contributed by atoms with E-state index in [0.717, 1.165) is 11.1 Å². The van der Waals surface area contributed by atoms with Crippen LogP contribution in [-0.2, 0) is 0 Å². The highest BCUT2D eigenvalue weighted by Crippen LogP contribution is 2.36. The zero-order chi connectivity index (χ0) is 23.1. The number of hydrogen-bond acceptors (Lipinski definition) is 5. The van der Waals surface area contributed by atoms with E-state index in [9.17, 15) is 19.5 Å². The number of imide groups is 1. The van der Waals surface area contributed by atoms with Crippen molar-refractivity contribution in [1.29, 1.82) is 0 Å². The smallest absolute Gasteiger partial charge is 0.261 e. The Balaban J connectivity index is 1.44. The fourth-order valence-corrected chi connectivity index (χ4v) is 4.68. The first-order valence-corrected chi connectivity index (χ1v) is 10.9. The van der Waals surface area contributed by atoms with Crippen molar-refractivity contribution in [1.82, 2.24) is 9.80 Å². The summed E-state index contributed by atoms with van der Waals surface area (Å²) in [7, 11) is 0. The molecule has 1 fully saturated rings. The lowest BCUT2D eigenvalue weighted by atomic mass is 9.92. The molecular formula is C26H23N3O4. The van der Waals surface area contributed by atoms with E-state index in [0.29, 0.717) is 48.3 Å². The average Bonchev–Trinajstić information content (AvgIpc) is 2.85. The summed E-state index contributed by atoms with van der Waals surface area (Å²) in [6, 6.07) is 15.8. The van der Waals surface area contributed by atoms with Gasteiger partial charge in [-0.1, -0.05) is 30.3 Å². The molecule has 0 bridgehead atoms. The highest BCUT2D eigenvalue weighted by atomic mass is 16.3. The van der Waals surface area contributed by atoms with Crippen molar-refractivity contribution in [3.05, 3.63) is 83.9 Å². The number of amides is 3. The Morgan fingerprint density at radius 2 is 1.61 bits per heavy atom. The third-order valence-corrected chi connectivity index (χ3v) is 6.32. The molecular weight excluding hydrogens is 418 g/mol. The van der Waals surface area contributed by atoms with Gasteiger partial charge in [0.05, 0.1) is 5.56 Å². The van der Waals surface area contributed by atoms with Crippen LogP contribution >= 0.6 is 0 Å². The van der Waals surface area contributed by atoms with E-state index in [1.165, 1.54) is 11.0 Å². The number of phenols is 1. The molecule has 1 saturated heterocycles. The Hall–Kier alpha value is -4.13. The SMILES string of the molecule is C=CCN1C(=O)c2cccc3c(N4CCN(C(=O)c5ccccc5O)CC4)ccc(c23)C1=O. The first kappa shape index (κ1) is 20.8. The van der Waals surface area contributed by atoms with E-state index in [2.05, 4.69) is 11.5 Å². The van der Waals surface area contributed by atoms with Gasteiger partial charge in [0.25, 0.3) is 17.7 Å². The molecule has 0 unspecified atom stereocenters. The number of carbonyl (C=O) groups is 3. The van der Waals surface area contributed by atoms with Crippen LogP contribution in [0.2, 0.25) is 0 Å². The second kappa shape index (κ2) is 8.09. The van der Waals surface area contributed by atoms with Crippen molar-refractivity contribution in [3.63, 3.8) is 0 Å². The third-order valence-electron chi connectivity index (χ3n) is 6.32. The molecule has 7 heteroatoms. The summed E-state index contributed by atoms with van der Waals surface area (Å²) in [6.45, 7) is 6.02. The summed E-state index contributed by atoms with van der Waals surface area (Å²) in [5.74, 6) is -0.835. The average molecular weight is 441 g/mol. The number of hydrogen-bond donors (Lipinski definition) is 1. The van der Waals surface area contributed by atoms with Gasteiger partial charge in [0, 0.05) is 60.3 Å². The molecule has 33 heavy (non-hydrogen) atoms. The molecule has 0 radical (unpaired) electrons. The van der Waals surface area contributed by atoms with Gasteiger partial charge in [-0.25, -0.2) is 0 Å². The first-order chi connectivity index (χ1) is 16.0. The molecule has 2 aliphatic heterocycles. The number of benzene rings is 3. The van der Waals surface area contributed by atoms with Gasteiger partial charge in [0.15, 0.2) is 0 Å². The molecule has 3 aromatic rings. The van der Waals surface area contributed by atoms with Crippen LogP contribution < -0.4 is 4.90 Å². The summed E-state index contributed by atoms with van der Waals surface area (Å²) in [6.07, 6.45) is 1.55. The molecule has 3 aromatic carbocycles. The normalized spacial score (nSPS) is 15.8. The molecule has 2 aliphatic rings. The summed E-state index contributed by atoms with van der Waals surface area (Å²) in [5.41, 5.74) is 2.26. The Morgan fingerprint density at radius 1 is 0.909 bits per heavy atom. The number of anilines is 1. The van der Waals surface area contributed by atoms with E-state index in [4.69, 9.17) is 0 Å². The molecule has 0 atom stereocenters. The minimum atomic E-state index is -0.312. The number of para-hydroxylation sites is 1. The van der Waals surface area contributed by atoms with E-state index >= 15 is 0 Å². The first-order valence-electron chi connectivity index (χ1n) is 10.9. The van der Waals surface area contributed by atoms with Gasteiger partial charge in [-0.3, -0.25) is 19.3 Å². The molecule has 7 nitrogen and oxygen atoms in total. The second-order valence-corrected chi connectivity index (χ2v) is 8.17. The number of piperazine rings is 1. The van der Waals surface area contributed by atoms with E-state index in [-0.39, 0.29) is 30.0 Å². The maximum Gasteiger partial charge on any atom is 0.261 e. The Morgan fingerprint density at radius 3 is 2.30 bits per heavy atom. The zero-order valence-electron chi connectivity index (χ0n) is 18.0. The molecule has 0 aromatic heterocycles. The van der Waals surface area contributed by atoms with Crippen molar-refractivity contribution in [3.8, 4) is 5.75 Å². The Bertz CT molecular complexity index is 1290. The number of phenolic OH excluding ortho intramolecular Hbond substituents is 1. The summed E-state index contributed by atoms with van der Waals surface area (Å²) in [5, 5.41) is 11.5. The summed E-state index contributed by atoms with van der Waals surface area (Å²) in [4.78, 5) is 43.8. The molecule has 5 rings (SSSR count). The van der Waals surface area contributed by atoms with Crippen molar-refractivity contribution < 1.29 is 19.5 Å². The van der Waals surface area contributed by atoms with Crippen molar-refractivity contribution in [2.24, 2.45) is 0 Å². The molecule has 1 N–H and O–H groups in total. The number of rotatable bonds is 4. The molecule has 0 aliphatic carbocycles. The van der Waals surface area contributed by atoms with Crippen molar-refractivity contribution in [2.75, 3.05) is 37.6 Å². The third kappa shape index (κ3) is 3.33. The molecule has 166 valence electrons. The standard InChI is InChI=1S/C26H23N3O4/c1-2-12-29-25(32)19-8-5-7-17-21(11-10-20(23(17)19)26(29)33)27-13-15-28(16-14-27)24(31)18-6-3-4-9-22(18)30/h2-11,30H,1,12-16H2. The fraction of sp³-hybridized carbons (Fsp3) is 0.192. The van der Waals surface area contributed by atoms with Gasteiger partial charge in [0.2, 0.25) is 0 Å². The highest BCUT2D eigenvalue weighted by Gasteiger charge is 2.33. The molecule has 0 saturated carbocycles. The van der Waals surface area contributed by atoms with Crippen LogP contribution in [0.3, 0.4) is 0 Å². The van der Waals surface area contributed by atoms with Gasteiger partial charge in [-0.2, -0.15) is 0 Å². The maximum atomic E-state index is 13.0. The maximum absolute atomic E-state index is 13.0. The predicted molar refractivity (Wildman–Crippen MR) is 126 cm³/mol. The van der Waals surface area contributed by atoms with Crippen LogP contribution in [0.15, 0.2) is 67.3 Å². The number of aromatic hydroxyl groups is 1. The minimum absolute atomic E-state index is 0.0201.